The van der Waals surface area contributed by atoms with Crippen molar-refractivity contribution in [1.29, 1.82) is 0 Å². The van der Waals surface area contributed by atoms with Crippen LogP contribution in [0.4, 0.5) is 0 Å². The van der Waals surface area contributed by atoms with Crippen molar-refractivity contribution >= 4 is 39.7 Å². The van der Waals surface area contributed by atoms with Crippen LogP contribution in [0.1, 0.15) is 16.1 Å². The van der Waals surface area contributed by atoms with E-state index in [0.717, 1.165) is 16.3 Å². The predicted molar refractivity (Wildman–Crippen MR) is 108 cm³/mol. The summed E-state index contributed by atoms with van der Waals surface area (Å²) in [4.78, 5) is 15.3. The molecule has 0 aliphatic rings. The summed E-state index contributed by atoms with van der Waals surface area (Å²) < 4.78 is 6.07. The number of carboxylic acids is 1. The lowest BCUT2D eigenvalue weighted by atomic mass is 10.1. The van der Waals surface area contributed by atoms with Gasteiger partial charge in [0.15, 0.2) is 5.69 Å². The second-order valence-electron chi connectivity index (χ2n) is 5.91. The third-order valence-corrected chi connectivity index (χ3v) is 5.27. The summed E-state index contributed by atoms with van der Waals surface area (Å²) in [7, 11) is 0. The smallest absolute Gasteiger partial charge is 0.355 e. The number of hydrogen-bond acceptors (Lipinski definition) is 4. The fourth-order valence-corrected chi connectivity index (χ4v) is 3.85. The third-order valence-electron chi connectivity index (χ3n) is 4.16. The minimum atomic E-state index is -1.06. The molecule has 27 heavy (non-hydrogen) atoms. The number of rotatable bonds is 5. The molecule has 0 aliphatic heterocycles. The second-order valence-corrected chi connectivity index (χ2v) is 7.21. The summed E-state index contributed by atoms with van der Waals surface area (Å²) in [5.74, 6) is -0.448. The number of nitrogens with zero attached hydrogens (tertiary/aromatic N) is 1. The van der Waals surface area contributed by atoms with Crippen LogP contribution in [0.25, 0.3) is 21.3 Å². The van der Waals surface area contributed by atoms with E-state index in [-0.39, 0.29) is 5.69 Å². The highest BCUT2D eigenvalue weighted by Gasteiger charge is 2.15. The molecular formula is C21H14ClNO3S. The van der Waals surface area contributed by atoms with E-state index in [0.29, 0.717) is 28.0 Å². The normalized spacial score (nSPS) is 10.9. The van der Waals surface area contributed by atoms with Crippen molar-refractivity contribution in [3.05, 3.63) is 82.3 Å². The van der Waals surface area contributed by atoms with Crippen LogP contribution in [0.3, 0.4) is 0 Å². The molecule has 4 rings (SSSR count). The number of halogens is 1. The number of hydrogen-bond donors (Lipinski definition) is 1. The Morgan fingerprint density at radius 2 is 1.93 bits per heavy atom. The molecule has 1 heterocycles. The molecule has 4 aromatic rings. The van der Waals surface area contributed by atoms with Gasteiger partial charge in [0.25, 0.3) is 0 Å². The first kappa shape index (κ1) is 17.5. The number of carboxylic acid groups (broad SMARTS) is 1. The maximum absolute atomic E-state index is 11.1. The van der Waals surface area contributed by atoms with Crippen molar-refractivity contribution < 1.29 is 14.6 Å². The van der Waals surface area contributed by atoms with E-state index < -0.39 is 5.97 Å². The van der Waals surface area contributed by atoms with Crippen molar-refractivity contribution in [3.8, 4) is 16.3 Å². The zero-order valence-electron chi connectivity index (χ0n) is 14.1. The predicted octanol–water partition coefficient (Wildman–Crippen LogP) is 5.89. The van der Waals surface area contributed by atoms with E-state index in [1.807, 2.05) is 24.3 Å². The SMILES string of the molecule is O=C(O)c1csc(-c2cc(Cl)ccc2OCc2cccc3ccccc23)n1. The van der Waals surface area contributed by atoms with Gasteiger partial charge in [0, 0.05) is 10.4 Å². The van der Waals surface area contributed by atoms with Gasteiger partial charge >= 0.3 is 5.97 Å². The lowest BCUT2D eigenvalue weighted by Crippen LogP contribution is -1.99. The number of benzene rings is 3. The van der Waals surface area contributed by atoms with E-state index in [4.69, 9.17) is 21.4 Å². The zero-order chi connectivity index (χ0) is 18.8. The highest BCUT2D eigenvalue weighted by molar-refractivity contribution is 7.13. The quantitative estimate of drug-likeness (QED) is 0.457. The Kier molecular flexibility index (Phi) is 4.79. The van der Waals surface area contributed by atoms with Gasteiger partial charge in [0.2, 0.25) is 0 Å². The third kappa shape index (κ3) is 3.65. The molecule has 0 fully saturated rings. The van der Waals surface area contributed by atoms with Crippen molar-refractivity contribution in [2.24, 2.45) is 0 Å². The molecule has 1 N–H and O–H groups in total. The van der Waals surface area contributed by atoms with E-state index in [2.05, 4.69) is 23.2 Å². The van der Waals surface area contributed by atoms with Gasteiger partial charge in [-0.1, -0.05) is 54.1 Å². The molecule has 0 bridgehead atoms. The monoisotopic (exact) mass is 395 g/mol. The maximum Gasteiger partial charge on any atom is 0.355 e. The van der Waals surface area contributed by atoms with Crippen LogP contribution in [-0.4, -0.2) is 16.1 Å². The number of fused-ring (bicyclic) bond motifs is 1. The summed E-state index contributed by atoms with van der Waals surface area (Å²) in [6, 6.07) is 19.5. The largest absolute Gasteiger partial charge is 0.488 e. The Hall–Kier alpha value is -2.89. The van der Waals surface area contributed by atoms with E-state index in [1.165, 1.54) is 16.7 Å². The molecule has 0 aliphatic carbocycles. The molecule has 0 radical (unpaired) electrons. The summed E-state index contributed by atoms with van der Waals surface area (Å²) in [5, 5.41) is 14.0. The lowest BCUT2D eigenvalue weighted by Gasteiger charge is -2.12. The van der Waals surface area contributed by atoms with Crippen molar-refractivity contribution in [2.45, 2.75) is 6.61 Å². The molecular weight excluding hydrogens is 382 g/mol. The topological polar surface area (TPSA) is 59.4 Å². The van der Waals surface area contributed by atoms with Crippen LogP contribution in [0, 0.1) is 0 Å². The first-order chi connectivity index (χ1) is 13.1. The summed E-state index contributed by atoms with van der Waals surface area (Å²) in [6.07, 6.45) is 0. The van der Waals surface area contributed by atoms with E-state index in [9.17, 15) is 4.79 Å². The van der Waals surface area contributed by atoms with Gasteiger partial charge in [-0.25, -0.2) is 9.78 Å². The highest BCUT2D eigenvalue weighted by atomic mass is 35.5. The fraction of sp³-hybridized carbons (Fsp3) is 0.0476. The molecule has 1 aromatic heterocycles. The number of carbonyl (C=O) groups is 1. The van der Waals surface area contributed by atoms with Gasteiger partial charge in [0.1, 0.15) is 17.4 Å². The Morgan fingerprint density at radius 3 is 2.74 bits per heavy atom. The minimum absolute atomic E-state index is 0.00924. The molecule has 134 valence electrons. The molecule has 0 unspecified atom stereocenters. The van der Waals surface area contributed by atoms with Gasteiger partial charge in [-0.05, 0) is 34.5 Å². The molecule has 0 saturated heterocycles. The fourth-order valence-electron chi connectivity index (χ4n) is 2.86. The van der Waals surface area contributed by atoms with Gasteiger partial charge in [-0.3, -0.25) is 0 Å². The van der Waals surface area contributed by atoms with E-state index >= 15 is 0 Å². The van der Waals surface area contributed by atoms with Crippen LogP contribution in [0.15, 0.2) is 66.0 Å². The number of aromatic nitrogens is 1. The first-order valence-corrected chi connectivity index (χ1v) is 9.46. The summed E-state index contributed by atoms with van der Waals surface area (Å²) >= 11 is 7.38. The standard InChI is InChI=1S/C21H14ClNO3S/c22-15-8-9-19(17(10-15)20-23-18(12-27-20)21(24)25)26-11-14-6-3-5-13-4-1-2-7-16(13)14/h1-10,12H,11H2,(H,24,25). The van der Waals surface area contributed by atoms with Crippen LogP contribution in [0.2, 0.25) is 5.02 Å². The molecule has 6 heteroatoms. The lowest BCUT2D eigenvalue weighted by molar-refractivity contribution is 0.0691. The van der Waals surface area contributed by atoms with Gasteiger partial charge < -0.3 is 9.84 Å². The highest BCUT2D eigenvalue weighted by Crippen LogP contribution is 2.35. The molecule has 0 spiro atoms. The van der Waals surface area contributed by atoms with Crippen molar-refractivity contribution in [3.63, 3.8) is 0 Å². The van der Waals surface area contributed by atoms with Crippen molar-refractivity contribution in [1.82, 2.24) is 4.98 Å². The second kappa shape index (κ2) is 7.39. The van der Waals surface area contributed by atoms with E-state index in [1.54, 1.807) is 18.2 Å². The molecule has 0 amide bonds. The van der Waals surface area contributed by atoms with Crippen molar-refractivity contribution in [2.75, 3.05) is 0 Å². The molecule has 3 aromatic carbocycles. The maximum atomic E-state index is 11.1. The van der Waals surface area contributed by atoms with Gasteiger partial charge in [-0.15, -0.1) is 11.3 Å². The van der Waals surface area contributed by atoms with Crippen LogP contribution in [-0.2, 0) is 6.61 Å². The Bertz CT molecular complexity index is 1130. The van der Waals surface area contributed by atoms with Gasteiger partial charge in [-0.2, -0.15) is 0 Å². The average Bonchev–Trinajstić information content (AvgIpc) is 3.17. The average molecular weight is 396 g/mol. The first-order valence-electron chi connectivity index (χ1n) is 8.20. The summed E-state index contributed by atoms with van der Waals surface area (Å²) in [5.41, 5.74) is 1.76. The number of thiazole rings is 1. The molecule has 4 nitrogen and oxygen atoms in total. The zero-order valence-corrected chi connectivity index (χ0v) is 15.6. The molecule has 0 saturated carbocycles. The van der Waals surface area contributed by atoms with Crippen LogP contribution < -0.4 is 4.74 Å². The minimum Gasteiger partial charge on any atom is -0.488 e. The Labute approximate surface area is 164 Å². The Balaban J connectivity index is 1.67. The number of aromatic carboxylic acids is 1. The summed E-state index contributed by atoms with van der Waals surface area (Å²) in [6.45, 7) is 0.382. The van der Waals surface area contributed by atoms with Crippen LogP contribution in [0.5, 0.6) is 5.75 Å². The van der Waals surface area contributed by atoms with Crippen LogP contribution >= 0.6 is 22.9 Å². The molecule has 0 atom stereocenters. The Morgan fingerprint density at radius 1 is 1.11 bits per heavy atom. The van der Waals surface area contributed by atoms with Gasteiger partial charge in [0.05, 0.1) is 5.56 Å². The number of ether oxygens (including phenoxy) is 1.